The van der Waals surface area contributed by atoms with Crippen LogP contribution in [0.4, 0.5) is 0 Å². The Labute approximate surface area is 202 Å². The molecule has 0 atom stereocenters. The molecule has 0 rings (SSSR count). The minimum absolute atomic E-state index is 0.857. The first-order chi connectivity index (χ1) is 15.7. The first-order valence-electron chi connectivity index (χ1n) is 13.8. The molecule has 0 aromatic carbocycles. The summed E-state index contributed by atoms with van der Waals surface area (Å²) in [6.07, 6.45) is 23.9. The number of rotatable bonds is 27. The third kappa shape index (κ3) is 20.6. The highest BCUT2D eigenvalue weighted by Gasteiger charge is 2.36. The van der Waals surface area contributed by atoms with Crippen LogP contribution in [0, 0.1) is 0 Å². The molecule has 0 aliphatic carbocycles. The van der Waals surface area contributed by atoms with Crippen molar-refractivity contribution < 1.29 is 13.3 Å². The van der Waals surface area contributed by atoms with Crippen LogP contribution in [0.3, 0.4) is 0 Å². The van der Waals surface area contributed by atoms with Crippen LogP contribution in [0.2, 0.25) is 6.04 Å². The summed E-state index contributed by atoms with van der Waals surface area (Å²) in [6, 6.07) is 0.857. The van der Waals surface area contributed by atoms with E-state index in [0.717, 1.165) is 38.6 Å². The van der Waals surface area contributed by atoms with E-state index in [4.69, 9.17) is 13.3 Å². The molecule has 0 aromatic heterocycles. The molecule has 0 radical (unpaired) electrons. The SMILES string of the molecule is CCCCCCCCCCCCCCCCCCNCCNCCC[Si](OC)(OC)OC. The minimum atomic E-state index is -2.39. The lowest BCUT2D eigenvalue weighted by Crippen LogP contribution is -2.43. The first kappa shape index (κ1) is 32.0. The molecule has 5 nitrogen and oxygen atoms in total. The fourth-order valence-corrected chi connectivity index (χ4v) is 5.93. The van der Waals surface area contributed by atoms with E-state index in [-0.39, 0.29) is 0 Å². The van der Waals surface area contributed by atoms with E-state index in [9.17, 15) is 0 Å². The number of hydrogen-bond acceptors (Lipinski definition) is 5. The quantitative estimate of drug-likeness (QED) is 0.102. The lowest BCUT2D eigenvalue weighted by atomic mass is 10.0. The summed E-state index contributed by atoms with van der Waals surface area (Å²) in [5, 5.41) is 7.03. The van der Waals surface area contributed by atoms with E-state index in [1.807, 2.05) is 0 Å². The van der Waals surface area contributed by atoms with E-state index in [1.54, 1.807) is 21.3 Å². The maximum atomic E-state index is 5.44. The Morgan fingerprint density at radius 2 is 0.781 bits per heavy atom. The van der Waals surface area contributed by atoms with E-state index >= 15 is 0 Å². The zero-order valence-corrected chi connectivity index (χ0v) is 23.3. The standard InChI is InChI=1S/C26H58N2O3Si/c1-5-6-7-8-9-10-11-12-13-14-15-16-17-18-19-20-22-27-24-25-28-23-21-26-32(29-2,30-3)31-4/h27-28H,5-26H2,1-4H3. The van der Waals surface area contributed by atoms with E-state index in [0.29, 0.717) is 0 Å². The van der Waals surface area contributed by atoms with Gasteiger partial charge in [0.25, 0.3) is 0 Å². The Bertz CT molecular complexity index is 350. The smallest absolute Gasteiger partial charge is 0.377 e. The molecular formula is C26H58N2O3Si. The second kappa shape index (κ2) is 25.6. The number of hydrogen-bond donors (Lipinski definition) is 2. The molecule has 0 aliphatic heterocycles. The zero-order chi connectivity index (χ0) is 23.6. The summed E-state index contributed by atoms with van der Waals surface area (Å²) >= 11 is 0. The fourth-order valence-electron chi connectivity index (χ4n) is 4.21. The molecule has 0 saturated heterocycles. The molecule has 0 bridgehead atoms. The topological polar surface area (TPSA) is 51.8 Å². The summed E-state index contributed by atoms with van der Waals surface area (Å²) in [5.74, 6) is 0. The van der Waals surface area contributed by atoms with Gasteiger partial charge >= 0.3 is 8.80 Å². The van der Waals surface area contributed by atoms with Gasteiger partial charge in [-0.3, -0.25) is 0 Å². The lowest BCUT2D eigenvalue weighted by Gasteiger charge is -2.24. The minimum Gasteiger partial charge on any atom is -0.377 e. The summed E-state index contributed by atoms with van der Waals surface area (Å²) in [7, 11) is 2.64. The molecule has 0 saturated carbocycles. The predicted molar refractivity (Wildman–Crippen MR) is 141 cm³/mol. The summed E-state index contributed by atoms with van der Waals surface area (Å²) < 4.78 is 16.3. The Morgan fingerprint density at radius 1 is 0.438 bits per heavy atom. The third-order valence-electron chi connectivity index (χ3n) is 6.46. The zero-order valence-electron chi connectivity index (χ0n) is 22.3. The van der Waals surface area contributed by atoms with Crippen LogP contribution in [0.25, 0.3) is 0 Å². The Kier molecular flexibility index (Phi) is 25.6. The maximum absolute atomic E-state index is 5.44. The average Bonchev–Trinajstić information content (AvgIpc) is 2.82. The van der Waals surface area contributed by atoms with E-state index in [2.05, 4.69) is 17.6 Å². The van der Waals surface area contributed by atoms with Gasteiger partial charge in [0, 0.05) is 40.5 Å². The predicted octanol–water partition coefficient (Wildman–Crippen LogP) is 6.70. The largest absolute Gasteiger partial charge is 0.500 e. The lowest BCUT2D eigenvalue weighted by molar-refractivity contribution is 0.123. The van der Waals surface area contributed by atoms with Crippen molar-refractivity contribution >= 4 is 8.80 Å². The second-order valence-electron chi connectivity index (χ2n) is 9.20. The fraction of sp³-hybridized carbons (Fsp3) is 1.00. The van der Waals surface area contributed by atoms with Gasteiger partial charge in [-0.15, -0.1) is 0 Å². The van der Waals surface area contributed by atoms with Gasteiger partial charge in [0.05, 0.1) is 0 Å². The van der Waals surface area contributed by atoms with Crippen molar-refractivity contribution in [2.45, 2.75) is 122 Å². The second-order valence-corrected chi connectivity index (χ2v) is 12.3. The van der Waals surface area contributed by atoms with Gasteiger partial charge in [-0.05, 0) is 25.9 Å². The molecule has 0 amide bonds. The van der Waals surface area contributed by atoms with E-state index < -0.39 is 8.80 Å². The molecule has 0 fully saturated rings. The summed E-state index contributed by atoms with van der Waals surface area (Å²) in [5.41, 5.74) is 0. The van der Waals surface area contributed by atoms with E-state index in [1.165, 1.54) is 103 Å². The monoisotopic (exact) mass is 474 g/mol. The molecule has 32 heavy (non-hydrogen) atoms. The summed E-state index contributed by atoms with van der Waals surface area (Å²) in [6.45, 7) is 6.47. The van der Waals surface area contributed by atoms with Crippen LogP contribution in [0.1, 0.15) is 116 Å². The molecule has 194 valence electrons. The Morgan fingerprint density at radius 3 is 1.16 bits per heavy atom. The van der Waals surface area contributed by atoms with Gasteiger partial charge < -0.3 is 23.9 Å². The molecule has 6 heteroatoms. The molecule has 0 heterocycles. The molecule has 0 aromatic rings. The van der Waals surface area contributed by atoms with Crippen LogP contribution in [0.15, 0.2) is 0 Å². The van der Waals surface area contributed by atoms with Crippen molar-refractivity contribution in [3.8, 4) is 0 Å². The van der Waals surface area contributed by atoms with Gasteiger partial charge in [-0.25, -0.2) is 0 Å². The number of unbranched alkanes of at least 4 members (excludes halogenated alkanes) is 15. The van der Waals surface area contributed by atoms with Gasteiger partial charge in [-0.1, -0.05) is 103 Å². The van der Waals surface area contributed by atoms with Crippen molar-refractivity contribution in [1.82, 2.24) is 10.6 Å². The number of nitrogens with one attached hydrogen (secondary N) is 2. The van der Waals surface area contributed by atoms with Crippen LogP contribution in [0.5, 0.6) is 0 Å². The van der Waals surface area contributed by atoms with Crippen molar-refractivity contribution in [1.29, 1.82) is 0 Å². The average molecular weight is 475 g/mol. The van der Waals surface area contributed by atoms with Crippen LogP contribution >= 0.6 is 0 Å². The van der Waals surface area contributed by atoms with Crippen LogP contribution < -0.4 is 10.6 Å². The maximum Gasteiger partial charge on any atom is 0.500 e. The van der Waals surface area contributed by atoms with Crippen molar-refractivity contribution in [2.24, 2.45) is 0 Å². The van der Waals surface area contributed by atoms with Crippen LogP contribution in [-0.2, 0) is 13.3 Å². The first-order valence-corrected chi connectivity index (χ1v) is 15.7. The van der Waals surface area contributed by atoms with Gasteiger partial charge in [0.15, 0.2) is 0 Å². The molecule has 0 aliphatic rings. The highest BCUT2D eigenvalue weighted by atomic mass is 28.4. The highest BCUT2D eigenvalue weighted by molar-refractivity contribution is 6.60. The Balaban J connectivity index is 3.15. The molecule has 0 spiro atoms. The molecule has 0 unspecified atom stereocenters. The molecular weight excluding hydrogens is 416 g/mol. The third-order valence-corrected chi connectivity index (χ3v) is 9.29. The van der Waals surface area contributed by atoms with Crippen molar-refractivity contribution in [3.63, 3.8) is 0 Å². The Hall–Kier alpha value is 0.0169. The van der Waals surface area contributed by atoms with Crippen molar-refractivity contribution in [3.05, 3.63) is 0 Å². The normalized spacial score (nSPS) is 12.0. The summed E-state index contributed by atoms with van der Waals surface area (Å²) in [4.78, 5) is 0. The van der Waals surface area contributed by atoms with Crippen molar-refractivity contribution in [2.75, 3.05) is 47.5 Å². The highest BCUT2D eigenvalue weighted by Crippen LogP contribution is 2.15. The van der Waals surface area contributed by atoms with Gasteiger partial charge in [-0.2, -0.15) is 0 Å². The molecule has 2 N–H and O–H groups in total. The van der Waals surface area contributed by atoms with Gasteiger partial charge in [0.2, 0.25) is 0 Å². The van der Waals surface area contributed by atoms with Crippen LogP contribution in [-0.4, -0.2) is 56.3 Å². The van der Waals surface area contributed by atoms with Gasteiger partial charge in [0.1, 0.15) is 0 Å².